The smallest absolute Gasteiger partial charge is 0.217 e. The Kier molecular flexibility index (Phi) is 13.8. The second kappa shape index (κ2) is 20.1. The van der Waals surface area contributed by atoms with Crippen LogP contribution in [0.5, 0.6) is 0 Å². The van der Waals surface area contributed by atoms with Gasteiger partial charge in [0.1, 0.15) is 11.6 Å². The average molecular weight is 853 g/mol. The minimum absolute atomic E-state index is 0.0378. The number of benzene rings is 5. The van der Waals surface area contributed by atoms with Crippen molar-refractivity contribution in [2.75, 3.05) is 11.4 Å². The van der Waals surface area contributed by atoms with Crippen molar-refractivity contribution in [3.05, 3.63) is 240 Å². The van der Waals surface area contributed by atoms with Crippen LogP contribution < -0.4 is 10.4 Å². The van der Waals surface area contributed by atoms with E-state index in [-0.39, 0.29) is 29.7 Å². The van der Waals surface area contributed by atoms with Crippen LogP contribution in [0.2, 0.25) is 5.82 Å². The first-order valence-electron chi connectivity index (χ1n) is 22.6. The molecule has 0 amide bonds. The molecule has 0 fully saturated rings. The lowest BCUT2D eigenvalue weighted by Crippen LogP contribution is -2.50. The molecule has 0 N–H and O–H groups in total. The molecule has 5 aromatic carbocycles. The molecule has 2 atom stereocenters. The van der Waals surface area contributed by atoms with Crippen molar-refractivity contribution >= 4 is 29.6 Å². The fourth-order valence-corrected chi connectivity index (χ4v) is 10.2. The average Bonchev–Trinajstić information content (AvgIpc) is 3.32. The van der Waals surface area contributed by atoms with Crippen LogP contribution in [-0.2, 0) is 0 Å². The fourth-order valence-electron chi connectivity index (χ4n) is 10.2. The van der Waals surface area contributed by atoms with E-state index in [0.29, 0.717) is 17.7 Å². The third-order valence-electron chi connectivity index (χ3n) is 13.1. The highest BCUT2D eigenvalue weighted by Gasteiger charge is 2.45. The topological polar surface area (TPSA) is 6.48 Å². The standard InChI is InChI=1S/C60H55BF2N2/c1-6-9-10-11-22-42-64(60(5,40-7-2)41-8-3)47-38-39-52(46(43-47)37-36-45-25-12-13-26-48(45)49-27-14-18-31-54(49)62)61-53-30-17-21-34-57(53)65(58-35-23-24-44(4)59(58)61)56-33-20-16-29-51(56)50-28-15-19-32-55(50)63/h1,7-29,31-37,41,43,53H,2,30,38-40,42H2,3-5H3/b10-9-,22-11-,37-36-,41-8-/t53-,60?/m0/s1. The van der Waals surface area contributed by atoms with Gasteiger partial charge in [-0.05, 0) is 117 Å². The van der Waals surface area contributed by atoms with Gasteiger partial charge in [-0.1, -0.05) is 169 Å². The molecular formula is C60H55BF2N2. The molecule has 0 spiro atoms. The molecule has 2 aliphatic carbocycles. The molecule has 0 bridgehead atoms. The summed E-state index contributed by atoms with van der Waals surface area (Å²) in [7, 11) is 0. The third kappa shape index (κ3) is 9.13. The Labute approximate surface area is 385 Å². The van der Waals surface area contributed by atoms with Gasteiger partial charge < -0.3 is 9.80 Å². The maximum absolute atomic E-state index is 15.7. The molecule has 5 aromatic rings. The van der Waals surface area contributed by atoms with Crippen LogP contribution in [0.1, 0.15) is 50.7 Å². The molecule has 1 aliphatic heterocycles. The van der Waals surface area contributed by atoms with Crippen molar-refractivity contribution in [2.45, 2.75) is 57.8 Å². The number of halogens is 2. The van der Waals surface area contributed by atoms with Crippen molar-refractivity contribution in [1.82, 2.24) is 4.90 Å². The zero-order valence-corrected chi connectivity index (χ0v) is 37.6. The number of nitrogens with zero attached hydrogens (tertiary/aromatic N) is 2. The van der Waals surface area contributed by atoms with E-state index >= 15 is 8.78 Å². The molecule has 0 aromatic heterocycles. The molecule has 8 rings (SSSR count). The van der Waals surface area contributed by atoms with Gasteiger partial charge in [0.15, 0.2) is 0 Å². The number of hydrogen-bond acceptors (Lipinski definition) is 2. The first kappa shape index (κ1) is 44.5. The van der Waals surface area contributed by atoms with Crippen molar-refractivity contribution in [2.24, 2.45) is 0 Å². The van der Waals surface area contributed by atoms with Gasteiger partial charge in [-0.25, -0.2) is 8.78 Å². The van der Waals surface area contributed by atoms with Crippen molar-refractivity contribution in [1.29, 1.82) is 0 Å². The van der Waals surface area contributed by atoms with E-state index in [0.717, 1.165) is 59.3 Å². The molecule has 322 valence electrons. The van der Waals surface area contributed by atoms with Crippen molar-refractivity contribution in [3.8, 4) is 34.6 Å². The van der Waals surface area contributed by atoms with Gasteiger partial charge in [-0.15, -0.1) is 13.0 Å². The molecule has 0 saturated heterocycles. The summed E-state index contributed by atoms with van der Waals surface area (Å²) in [5, 5.41) is 0. The van der Waals surface area contributed by atoms with Crippen LogP contribution in [0, 0.1) is 30.9 Å². The Morgan fingerprint density at radius 2 is 1.51 bits per heavy atom. The Balaban J connectivity index is 1.35. The number of fused-ring (bicyclic) bond motifs is 2. The molecular weight excluding hydrogens is 797 g/mol. The number of para-hydroxylation sites is 1. The maximum atomic E-state index is 15.7. The Morgan fingerprint density at radius 1 is 0.831 bits per heavy atom. The maximum Gasteiger partial charge on any atom is 0.217 e. The molecule has 1 heterocycles. The van der Waals surface area contributed by atoms with Gasteiger partial charge in [-0.3, -0.25) is 0 Å². The number of terminal acetylenes is 1. The van der Waals surface area contributed by atoms with Crippen molar-refractivity contribution in [3.63, 3.8) is 0 Å². The second-order valence-electron chi connectivity index (χ2n) is 17.1. The Hall–Kier alpha value is -7.16. The van der Waals surface area contributed by atoms with Crippen LogP contribution >= 0.6 is 0 Å². The van der Waals surface area contributed by atoms with E-state index in [4.69, 9.17) is 6.42 Å². The van der Waals surface area contributed by atoms with Crippen LogP contribution in [0.3, 0.4) is 0 Å². The number of rotatable bonds is 14. The van der Waals surface area contributed by atoms with Gasteiger partial charge in [0, 0.05) is 40.3 Å². The van der Waals surface area contributed by atoms with Crippen LogP contribution in [-0.4, -0.2) is 23.7 Å². The van der Waals surface area contributed by atoms with Gasteiger partial charge >= 0.3 is 0 Å². The first-order chi connectivity index (χ1) is 31.8. The van der Waals surface area contributed by atoms with E-state index in [9.17, 15) is 0 Å². The summed E-state index contributed by atoms with van der Waals surface area (Å²) in [6, 6.07) is 36.9. The van der Waals surface area contributed by atoms with Crippen LogP contribution in [0.15, 0.2) is 217 Å². The van der Waals surface area contributed by atoms with Gasteiger partial charge in [0.25, 0.3) is 0 Å². The molecule has 1 unspecified atom stereocenters. The zero-order chi connectivity index (χ0) is 45.3. The monoisotopic (exact) mass is 852 g/mol. The third-order valence-corrected chi connectivity index (χ3v) is 13.1. The number of hydrogen-bond donors (Lipinski definition) is 0. The number of allylic oxidation sites excluding steroid dienone is 13. The lowest BCUT2D eigenvalue weighted by atomic mass is 9.28. The van der Waals surface area contributed by atoms with E-state index < -0.39 is 0 Å². The Morgan fingerprint density at radius 3 is 2.23 bits per heavy atom. The highest BCUT2D eigenvalue weighted by Crippen LogP contribution is 2.50. The first-order valence-corrected chi connectivity index (χ1v) is 22.6. The zero-order valence-electron chi connectivity index (χ0n) is 37.6. The molecule has 2 nitrogen and oxygen atoms in total. The fraction of sp³-hybridized carbons (Fsp3) is 0.167. The molecule has 65 heavy (non-hydrogen) atoms. The predicted octanol–water partition coefficient (Wildman–Crippen LogP) is 14.9. The lowest BCUT2D eigenvalue weighted by molar-refractivity contribution is 0.209. The minimum Gasteiger partial charge on any atom is -0.362 e. The second-order valence-corrected chi connectivity index (χ2v) is 17.1. The normalized spacial score (nSPS) is 17.0. The van der Waals surface area contributed by atoms with E-state index in [2.05, 4.69) is 128 Å². The van der Waals surface area contributed by atoms with Crippen LogP contribution in [0.4, 0.5) is 20.2 Å². The van der Waals surface area contributed by atoms with Crippen LogP contribution in [0.25, 0.3) is 28.3 Å². The summed E-state index contributed by atoms with van der Waals surface area (Å²) in [6.07, 6.45) is 36.5. The summed E-state index contributed by atoms with van der Waals surface area (Å²) < 4.78 is 31.1. The highest BCUT2D eigenvalue weighted by molar-refractivity contribution is 6.84. The largest absolute Gasteiger partial charge is 0.362 e. The van der Waals surface area contributed by atoms with Gasteiger partial charge in [-0.2, -0.15) is 0 Å². The quantitative estimate of drug-likeness (QED) is 0.0475. The molecule has 0 radical (unpaired) electrons. The van der Waals surface area contributed by atoms with E-state index in [1.54, 1.807) is 18.2 Å². The predicted molar refractivity (Wildman–Crippen MR) is 273 cm³/mol. The van der Waals surface area contributed by atoms with E-state index in [1.807, 2.05) is 78.9 Å². The van der Waals surface area contributed by atoms with Gasteiger partial charge in [0.2, 0.25) is 6.71 Å². The summed E-state index contributed by atoms with van der Waals surface area (Å²) in [5.74, 6) is 2.19. The van der Waals surface area contributed by atoms with Gasteiger partial charge in [0.05, 0.1) is 11.2 Å². The minimum atomic E-state index is -0.351. The Bertz CT molecular complexity index is 2880. The van der Waals surface area contributed by atoms with E-state index in [1.165, 1.54) is 40.0 Å². The number of aryl methyl sites for hydroxylation is 1. The highest BCUT2D eigenvalue weighted by atomic mass is 19.1. The molecule has 5 heteroatoms. The molecule has 3 aliphatic rings. The summed E-state index contributed by atoms with van der Waals surface area (Å²) >= 11 is 0. The number of anilines is 2. The summed E-state index contributed by atoms with van der Waals surface area (Å²) in [4.78, 5) is 4.89. The van der Waals surface area contributed by atoms with Crippen molar-refractivity contribution < 1.29 is 8.78 Å². The molecule has 0 saturated carbocycles. The SMILES string of the molecule is C#C/C=C\C=C/CN(C1=CC(/C=C\c2ccccc2-c2ccccc2F)=C(B2c3c(C)cccc3N(c3ccccc3-c3ccccc3F)C3=CC=CC[C@H]23)CC1)C(C)(/C=C\C)CC=C. The summed E-state index contributed by atoms with van der Waals surface area (Å²) in [5.41, 5.74) is 12.9. The lowest BCUT2D eigenvalue weighted by Gasteiger charge is -2.46. The summed E-state index contributed by atoms with van der Waals surface area (Å²) in [6.45, 7) is 11.5.